The minimum atomic E-state index is 0.762. The molecule has 0 saturated heterocycles. The fourth-order valence-corrected chi connectivity index (χ4v) is 2.48. The van der Waals surface area contributed by atoms with Gasteiger partial charge in [0.1, 0.15) is 19.0 Å². The molecule has 0 unspecified atom stereocenters. The van der Waals surface area contributed by atoms with Crippen molar-refractivity contribution in [2.24, 2.45) is 0 Å². The minimum absolute atomic E-state index is 0.762. The van der Waals surface area contributed by atoms with Crippen LogP contribution in [0.1, 0.15) is 0 Å². The van der Waals surface area contributed by atoms with Crippen molar-refractivity contribution in [2.75, 3.05) is 0 Å². The topological polar surface area (TPSA) is 13.1 Å². The van der Waals surface area contributed by atoms with Gasteiger partial charge in [0.05, 0.1) is 0 Å². The van der Waals surface area contributed by atoms with Gasteiger partial charge in [-0.05, 0) is 29.0 Å². The average Bonchev–Trinajstić information content (AvgIpc) is 2.73. The van der Waals surface area contributed by atoms with Crippen LogP contribution in [0.15, 0.2) is 59.0 Å². The molecule has 0 N–H and O–H groups in total. The molecule has 0 spiro atoms. The van der Waals surface area contributed by atoms with Gasteiger partial charge in [-0.15, -0.1) is 0 Å². The molecule has 0 aliphatic carbocycles. The second kappa shape index (κ2) is 3.39. The number of fused-ring (bicyclic) bond motifs is 4. The zero-order valence-electron chi connectivity index (χ0n) is 9.68. The molecule has 0 saturated carbocycles. The Labute approximate surface area is 105 Å². The van der Waals surface area contributed by atoms with Crippen LogP contribution in [0.2, 0.25) is 0 Å². The fraction of sp³-hybridized carbons (Fsp3) is 0. The van der Waals surface area contributed by atoms with E-state index in [2.05, 4.69) is 24.3 Å². The highest BCUT2D eigenvalue weighted by Gasteiger charge is 2.07. The quantitative estimate of drug-likeness (QED) is 0.419. The van der Waals surface area contributed by atoms with Crippen LogP contribution in [0.5, 0.6) is 0 Å². The standard InChI is InChI=1S/C16H9BO/c17-12-5-6-15-14(9-12)13-7-10-3-1-2-4-11(10)8-16(13)18-15/h1-9H. The van der Waals surface area contributed by atoms with Crippen molar-refractivity contribution >= 4 is 46.0 Å². The van der Waals surface area contributed by atoms with Crippen molar-refractivity contribution in [1.29, 1.82) is 0 Å². The molecule has 4 aromatic rings. The highest BCUT2D eigenvalue weighted by Crippen LogP contribution is 2.31. The summed E-state index contributed by atoms with van der Waals surface area (Å²) in [5.74, 6) is 0. The molecule has 1 nitrogen and oxygen atoms in total. The second-order valence-electron chi connectivity index (χ2n) is 4.55. The van der Waals surface area contributed by atoms with Gasteiger partial charge in [-0.3, -0.25) is 0 Å². The van der Waals surface area contributed by atoms with Crippen LogP contribution in [0, 0.1) is 0 Å². The molecule has 0 atom stereocenters. The van der Waals surface area contributed by atoms with Gasteiger partial charge in [0.15, 0.2) is 0 Å². The molecule has 2 heteroatoms. The second-order valence-corrected chi connectivity index (χ2v) is 4.55. The molecule has 1 heterocycles. The molecule has 3 aromatic carbocycles. The Kier molecular flexibility index (Phi) is 1.84. The third kappa shape index (κ3) is 1.29. The zero-order valence-corrected chi connectivity index (χ0v) is 9.68. The first-order chi connectivity index (χ1) is 8.81. The van der Waals surface area contributed by atoms with E-state index >= 15 is 0 Å². The van der Waals surface area contributed by atoms with Gasteiger partial charge in [0, 0.05) is 10.8 Å². The van der Waals surface area contributed by atoms with Gasteiger partial charge in [-0.25, -0.2) is 0 Å². The lowest BCUT2D eigenvalue weighted by Gasteiger charge is -1.97. The van der Waals surface area contributed by atoms with Crippen LogP contribution in [0.3, 0.4) is 0 Å². The van der Waals surface area contributed by atoms with Crippen molar-refractivity contribution in [3.63, 3.8) is 0 Å². The van der Waals surface area contributed by atoms with E-state index in [1.54, 1.807) is 0 Å². The highest BCUT2D eigenvalue weighted by atomic mass is 16.3. The van der Waals surface area contributed by atoms with Crippen molar-refractivity contribution < 1.29 is 4.42 Å². The van der Waals surface area contributed by atoms with Gasteiger partial charge in [0.2, 0.25) is 0 Å². The molecule has 82 valence electrons. The van der Waals surface area contributed by atoms with Crippen LogP contribution in [-0.4, -0.2) is 7.85 Å². The van der Waals surface area contributed by atoms with Crippen molar-refractivity contribution in [3.05, 3.63) is 54.6 Å². The smallest absolute Gasteiger partial charge is 0.136 e. The largest absolute Gasteiger partial charge is 0.456 e. The molecule has 2 radical (unpaired) electrons. The molecular formula is C16H9BO. The Morgan fingerprint density at radius 1 is 0.722 bits per heavy atom. The number of benzene rings is 3. The predicted octanol–water partition coefficient (Wildman–Crippen LogP) is 3.53. The molecule has 1 aromatic heterocycles. The third-order valence-electron chi connectivity index (χ3n) is 3.36. The monoisotopic (exact) mass is 228 g/mol. The van der Waals surface area contributed by atoms with E-state index in [9.17, 15) is 0 Å². The number of rotatable bonds is 0. The summed E-state index contributed by atoms with van der Waals surface area (Å²) in [6.45, 7) is 0. The third-order valence-corrected chi connectivity index (χ3v) is 3.36. The molecule has 0 aliphatic heterocycles. The summed E-state index contributed by atoms with van der Waals surface area (Å²) in [7, 11) is 5.85. The highest BCUT2D eigenvalue weighted by molar-refractivity contribution is 6.33. The van der Waals surface area contributed by atoms with E-state index in [1.165, 1.54) is 10.8 Å². The van der Waals surface area contributed by atoms with E-state index in [-0.39, 0.29) is 0 Å². The van der Waals surface area contributed by atoms with Crippen LogP contribution in [0.4, 0.5) is 0 Å². The van der Waals surface area contributed by atoms with Crippen molar-refractivity contribution in [1.82, 2.24) is 0 Å². The first-order valence-corrected chi connectivity index (χ1v) is 5.92. The van der Waals surface area contributed by atoms with Crippen molar-refractivity contribution in [3.8, 4) is 0 Å². The Morgan fingerprint density at radius 2 is 1.44 bits per heavy atom. The molecular weight excluding hydrogens is 219 g/mol. The summed E-state index contributed by atoms with van der Waals surface area (Å²) >= 11 is 0. The lowest BCUT2D eigenvalue weighted by molar-refractivity contribution is 0.669. The van der Waals surface area contributed by atoms with E-state index < -0.39 is 0 Å². The summed E-state index contributed by atoms with van der Waals surface area (Å²) in [6, 6.07) is 18.3. The summed E-state index contributed by atoms with van der Waals surface area (Å²) in [5.41, 5.74) is 2.56. The molecule has 4 rings (SSSR count). The Bertz CT molecular complexity index is 889. The van der Waals surface area contributed by atoms with Gasteiger partial charge in [-0.1, -0.05) is 41.9 Å². The van der Waals surface area contributed by atoms with E-state index in [1.807, 2.05) is 30.3 Å². The van der Waals surface area contributed by atoms with Gasteiger partial charge in [-0.2, -0.15) is 0 Å². The minimum Gasteiger partial charge on any atom is -0.456 e. The van der Waals surface area contributed by atoms with Crippen LogP contribution < -0.4 is 5.46 Å². The van der Waals surface area contributed by atoms with Gasteiger partial charge < -0.3 is 4.42 Å². The summed E-state index contributed by atoms with van der Waals surface area (Å²) in [6.07, 6.45) is 0. The van der Waals surface area contributed by atoms with Gasteiger partial charge in [0.25, 0.3) is 0 Å². The van der Waals surface area contributed by atoms with Crippen LogP contribution >= 0.6 is 0 Å². The summed E-state index contributed by atoms with van der Waals surface area (Å²) in [5, 5.41) is 4.61. The fourth-order valence-electron chi connectivity index (χ4n) is 2.48. The Balaban J connectivity index is 2.25. The SMILES string of the molecule is [B]c1ccc2oc3cc4ccccc4cc3c2c1. The summed E-state index contributed by atoms with van der Waals surface area (Å²) < 4.78 is 5.86. The Hall–Kier alpha value is -2.22. The molecule has 0 amide bonds. The average molecular weight is 228 g/mol. The summed E-state index contributed by atoms with van der Waals surface area (Å²) in [4.78, 5) is 0. The first-order valence-electron chi connectivity index (χ1n) is 5.92. The number of furan rings is 1. The van der Waals surface area contributed by atoms with E-state index in [4.69, 9.17) is 12.3 Å². The normalized spacial score (nSPS) is 11.6. The van der Waals surface area contributed by atoms with E-state index in [0.717, 1.165) is 27.4 Å². The molecule has 18 heavy (non-hydrogen) atoms. The molecule has 0 fully saturated rings. The van der Waals surface area contributed by atoms with E-state index in [0.29, 0.717) is 0 Å². The maximum atomic E-state index is 5.86. The maximum absolute atomic E-state index is 5.86. The first kappa shape index (κ1) is 9.78. The predicted molar refractivity (Wildman–Crippen MR) is 76.6 cm³/mol. The number of hydrogen-bond acceptors (Lipinski definition) is 1. The van der Waals surface area contributed by atoms with Crippen LogP contribution in [-0.2, 0) is 0 Å². The zero-order chi connectivity index (χ0) is 12.1. The number of hydrogen-bond donors (Lipinski definition) is 0. The maximum Gasteiger partial charge on any atom is 0.136 e. The van der Waals surface area contributed by atoms with Gasteiger partial charge >= 0.3 is 0 Å². The Morgan fingerprint density at radius 3 is 2.28 bits per heavy atom. The lowest BCUT2D eigenvalue weighted by atomic mass is 9.94. The lowest BCUT2D eigenvalue weighted by Crippen LogP contribution is -1.98. The van der Waals surface area contributed by atoms with Crippen molar-refractivity contribution in [2.45, 2.75) is 0 Å². The molecule has 0 bridgehead atoms. The molecule has 0 aliphatic rings. The van der Waals surface area contributed by atoms with Crippen LogP contribution in [0.25, 0.3) is 32.7 Å².